The summed E-state index contributed by atoms with van der Waals surface area (Å²) in [5, 5.41) is 14.5. The monoisotopic (exact) mass is 540 g/mol. The molecule has 4 rings (SSSR count). The highest BCUT2D eigenvalue weighted by Crippen LogP contribution is 2.43. The number of hydrogen-bond donors (Lipinski definition) is 1. The lowest BCUT2D eigenvalue weighted by atomic mass is 9.92. The van der Waals surface area contributed by atoms with Crippen molar-refractivity contribution in [2.45, 2.75) is 44.7 Å². The molecule has 0 bridgehead atoms. The Morgan fingerprint density at radius 2 is 1.90 bits per heavy atom. The van der Waals surface area contributed by atoms with Crippen LogP contribution in [0.15, 0.2) is 36.8 Å². The van der Waals surface area contributed by atoms with Crippen LogP contribution in [0.25, 0.3) is 5.52 Å². The number of nitrogen functional groups attached to an aromatic ring is 1. The van der Waals surface area contributed by atoms with Gasteiger partial charge in [-0.1, -0.05) is 0 Å². The fourth-order valence-electron chi connectivity index (χ4n) is 4.31. The number of fused-ring (bicyclic) bond motifs is 1. The molecule has 1 aliphatic rings. The Labute approximate surface area is 220 Å². The molecule has 204 valence electrons. The van der Waals surface area contributed by atoms with Crippen LogP contribution in [0.1, 0.15) is 37.0 Å². The Hall–Kier alpha value is -4.97. The Morgan fingerprint density at radius 1 is 1.15 bits per heavy atom. The lowest BCUT2D eigenvalue weighted by Gasteiger charge is -2.28. The Kier molecular flexibility index (Phi) is 7.49. The van der Waals surface area contributed by atoms with E-state index in [-0.39, 0.29) is 23.8 Å². The summed E-state index contributed by atoms with van der Waals surface area (Å²) in [7, 11) is 0. The van der Waals surface area contributed by atoms with Gasteiger partial charge in [0.05, 0.1) is 12.3 Å². The number of rotatable bonds is 7. The van der Waals surface area contributed by atoms with Gasteiger partial charge in [-0.15, -0.1) is 0 Å². The smallest absolute Gasteiger partial charge is 0.418 e. The van der Waals surface area contributed by atoms with Crippen molar-refractivity contribution in [3.63, 3.8) is 0 Å². The Bertz CT molecular complexity index is 1470. The van der Waals surface area contributed by atoms with Crippen molar-refractivity contribution in [1.82, 2.24) is 19.2 Å². The summed E-state index contributed by atoms with van der Waals surface area (Å²) in [5.74, 6) is -2.20. The first-order valence-corrected chi connectivity index (χ1v) is 11.7. The summed E-state index contributed by atoms with van der Waals surface area (Å²) in [6.07, 6.45) is -2.67. The molecule has 3 aromatic heterocycles. The van der Waals surface area contributed by atoms with Crippen molar-refractivity contribution < 1.29 is 42.9 Å². The van der Waals surface area contributed by atoms with Gasteiger partial charge in [0.25, 0.3) is 0 Å². The highest BCUT2D eigenvalue weighted by Gasteiger charge is 2.62. The van der Waals surface area contributed by atoms with Gasteiger partial charge < -0.3 is 29.4 Å². The third-order valence-electron chi connectivity index (χ3n) is 5.83. The summed E-state index contributed by atoms with van der Waals surface area (Å²) in [6.45, 7) is 3.38. The van der Waals surface area contributed by atoms with Gasteiger partial charge in [-0.3, -0.25) is 9.59 Å². The number of anilines is 1. The summed E-state index contributed by atoms with van der Waals surface area (Å²) in [5.41, 5.74) is 4.22. The second kappa shape index (κ2) is 10.8. The molecule has 0 spiro atoms. The van der Waals surface area contributed by atoms with E-state index in [1.807, 2.05) is 6.07 Å². The van der Waals surface area contributed by atoms with Crippen LogP contribution in [0.3, 0.4) is 0 Å². The molecular weight excluding hydrogens is 516 g/mol. The normalized spacial score (nSPS) is 22.2. The number of hydrogen-bond acceptors (Lipinski definition) is 13. The van der Waals surface area contributed by atoms with E-state index in [1.54, 1.807) is 6.92 Å². The maximum absolute atomic E-state index is 12.8. The highest BCUT2D eigenvalue weighted by atomic mass is 16.7. The first kappa shape index (κ1) is 27.1. The molecule has 1 aliphatic heterocycles. The zero-order valence-electron chi connectivity index (χ0n) is 21.1. The SMILES string of the molecule is CCOC(=O)c1cccn1C(=O)OC[C@H]1O[C@@](C#N)(c2ccc3c(N)ncnn23)[C@H](OC(C)=O)[C@@H]1OC(C)=O. The first-order chi connectivity index (χ1) is 18.6. The van der Waals surface area contributed by atoms with E-state index >= 15 is 0 Å². The van der Waals surface area contributed by atoms with Gasteiger partial charge in [-0.2, -0.15) is 10.4 Å². The Balaban J connectivity index is 1.71. The number of ether oxygens (including phenoxy) is 5. The second-order valence-corrected chi connectivity index (χ2v) is 8.33. The maximum Gasteiger partial charge on any atom is 0.418 e. The van der Waals surface area contributed by atoms with Gasteiger partial charge in [0.2, 0.25) is 5.60 Å². The molecule has 4 heterocycles. The molecule has 1 fully saturated rings. The molecular formula is C24H24N6O9. The minimum Gasteiger partial charge on any atom is -0.461 e. The van der Waals surface area contributed by atoms with Crippen LogP contribution in [0.2, 0.25) is 0 Å². The molecule has 0 unspecified atom stereocenters. The molecule has 1 saturated heterocycles. The van der Waals surface area contributed by atoms with Crippen molar-refractivity contribution in [2.75, 3.05) is 18.9 Å². The van der Waals surface area contributed by atoms with Gasteiger partial charge in [-0.05, 0) is 31.2 Å². The van der Waals surface area contributed by atoms with Gasteiger partial charge in [-0.25, -0.2) is 23.7 Å². The second-order valence-electron chi connectivity index (χ2n) is 8.33. The third kappa shape index (κ3) is 4.97. The quantitative estimate of drug-likeness (QED) is 0.328. The number of aromatic nitrogens is 4. The summed E-state index contributed by atoms with van der Waals surface area (Å²) >= 11 is 0. The van der Waals surface area contributed by atoms with Crippen LogP contribution < -0.4 is 5.73 Å². The van der Waals surface area contributed by atoms with Gasteiger partial charge >= 0.3 is 24.0 Å². The molecule has 0 aromatic carbocycles. The van der Waals surface area contributed by atoms with Gasteiger partial charge in [0, 0.05) is 20.0 Å². The van der Waals surface area contributed by atoms with Crippen LogP contribution in [0.4, 0.5) is 10.6 Å². The molecule has 15 heteroatoms. The molecule has 0 radical (unpaired) electrons. The largest absolute Gasteiger partial charge is 0.461 e. The summed E-state index contributed by atoms with van der Waals surface area (Å²) in [4.78, 5) is 53.0. The summed E-state index contributed by atoms with van der Waals surface area (Å²) < 4.78 is 29.5. The van der Waals surface area contributed by atoms with E-state index in [2.05, 4.69) is 10.1 Å². The van der Waals surface area contributed by atoms with Crippen LogP contribution in [0, 0.1) is 11.3 Å². The number of nitrogens with two attached hydrogens (primary N) is 1. The Morgan fingerprint density at radius 3 is 2.56 bits per heavy atom. The van der Waals surface area contributed by atoms with Crippen molar-refractivity contribution >= 4 is 35.3 Å². The molecule has 39 heavy (non-hydrogen) atoms. The molecule has 2 N–H and O–H groups in total. The molecule has 3 aromatic rings. The van der Waals surface area contributed by atoms with E-state index < -0.39 is 54.5 Å². The van der Waals surface area contributed by atoms with E-state index in [9.17, 15) is 24.4 Å². The standard InChI is InChI=1S/C24H24N6O9/c1-4-35-22(33)16-6-5-9-29(16)23(34)36-10-17-19(37-13(2)31)20(38-14(3)32)24(11-25,39-17)18-8-7-15-21(26)27-12-28-30(15)18/h5-9,12,17,19-20H,4,10H2,1-3H3,(H2,26,27,28)/t17-,19-,20-,24+/m1/s1. The molecule has 4 atom stereocenters. The minimum atomic E-state index is -2.07. The average molecular weight is 540 g/mol. The highest BCUT2D eigenvalue weighted by molar-refractivity contribution is 5.92. The topological polar surface area (TPSA) is 199 Å². The lowest BCUT2D eigenvalue weighted by molar-refractivity contribution is -0.166. The molecule has 0 saturated carbocycles. The van der Waals surface area contributed by atoms with Crippen LogP contribution in [-0.2, 0) is 38.9 Å². The number of esters is 3. The predicted octanol–water partition coefficient (Wildman–Crippen LogP) is 0.956. The minimum absolute atomic E-state index is 0.0770. The first-order valence-electron chi connectivity index (χ1n) is 11.7. The van der Waals surface area contributed by atoms with Crippen LogP contribution in [-0.4, -0.2) is 74.7 Å². The van der Waals surface area contributed by atoms with Crippen molar-refractivity contribution in [2.24, 2.45) is 0 Å². The lowest BCUT2D eigenvalue weighted by Crippen LogP contribution is -2.45. The van der Waals surface area contributed by atoms with Gasteiger partial charge in [0.15, 0.2) is 18.0 Å². The average Bonchev–Trinajstić information content (AvgIpc) is 3.61. The summed E-state index contributed by atoms with van der Waals surface area (Å²) in [6, 6.07) is 7.85. The fourth-order valence-corrected chi connectivity index (χ4v) is 4.31. The fraction of sp³-hybridized carbons (Fsp3) is 0.375. The molecule has 0 amide bonds. The number of nitriles is 1. The third-order valence-corrected chi connectivity index (χ3v) is 5.83. The molecule has 15 nitrogen and oxygen atoms in total. The van der Waals surface area contributed by atoms with Gasteiger partial charge in [0.1, 0.15) is 36.3 Å². The van der Waals surface area contributed by atoms with E-state index in [0.29, 0.717) is 5.52 Å². The van der Waals surface area contributed by atoms with E-state index in [0.717, 1.165) is 24.7 Å². The number of carbonyl (C=O) groups is 4. The maximum atomic E-state index is 12.8. The predicted molar refractivity (Wildman–Crippen MR) is 128 cm³/mol. The zero-order valence-corrected chi connectivity index (χ0v) is 21.1. The van der Waals surface area contributed by atoms with Crippen molar-refractivity contribution in [3.8, 4) is 6.07 Å². The van der Waals surface area contributed by atoms with E-state index in [4.69, 9.17) is 29.4 Å². The number of nitrogens with zero attached hydrogens (tertiary/aromatic N) is 5. The van der Waals surface area contributed by atoms with Crippen LogP contribution in [0.5, 0.6) is 0 Å². The van der Waals surface area contributed by atoms with Crippen molar-refractivity contribution in [1.29, 1.82) is 5.26 Å². The molecule has 0 aliphatic carbocycles. The zero-order chi connectivity index (χ0) is 28.3. The van der Waals surface area contributed by atoms with E-state index in [1.165, 1.54) is 35.0 Å². The van der Waals surface area contributed by atoms with Crippen molar-refractivity contribution in [3.05, 3.63) is 48.2 Å². The van der Waals surface area contributed by atoms with Crippen LogP contribution >= 0.6 is 0 Å². The number of carbonyl (C=O) groups excluding carboxylic acids is 4.